The Hall–Kier alpha value is -1.87. The number of hydrogen-bond acceptors (Lipinski definition) is 0. The number of allylic oxidation sites excluding steroid dienone is 2. The molecule has 2 aromatic rings. The second-order valence-corrected chi connectivity index (χ2v) is 14.4. The van der Waals surface area contributed by atoms with Crippen LogP contribution in [-0.2, 0) is 25.8 Å². The summed E-state index contributed by atoms with van der Waals surface area (Å²) >= 11 is 0. The van der Waals surface area contributed by atoms with Gasteiger partial charge in [0.2, 0.25) is 0 Å². The summed E-state index contributed by atoms with van der Waals surface area (Å²) in [6, 6.07) is 19.7. The van der Waals surface area contributed by atoms with Crippen LogP contribution in [0.15, 0.2) is 72.5 Å². The van der Waals surface area contributed by atoms with Gasteiger partial charge in [-0.05, 0) is 61.8 Å². The van der Waals surface area contributed by atoms with E-state index in [1.165, 1.54) is 143 Å². The average molecular weight is 797 g/mol. The molecule has 4 fully saturated rings. The van der Waals surface area contributed by atoms with Crippen molar-refractivity contribution < 1.29 is 30.4 Å². The van der Waals surface area contributed by atoms with E-state index in [0.717, 1.165) is 11.8 Å². The third-order valence-electron chi connectivity index (χ3n) is 12.0. The maximum atomic E-state index is 5.92. The van der Waals surface area contributed by atoms with Gasteiger partial charge in [0.15, 0.2) is 0 Å². The van der Waals surface area contributed by atoms with Gasteiger partial charge in [-0.2, -0.15) is 0 Å². The fourth-order valence-electron chi connectivity index (χ4n) is 9.73. The van der Waals surface area contributed by atoms with Crippen LogP contribution in [0.1, 0.15) is 144 Å². The van der Waals surface area contributed by atoms with Gasteiger partial charge in [-0.3, -0.25) is 4.58 Å². The predicted molar refractivity (Wildman–Crippen MR) is 200 cm³/mol. The minimum Gasteiger partial charge on any atom is -0.677 e. The number of hydrogen-bond donors (Lipinski definition) is 0. The maximum absolute atomic E-state index is 5.92. The number of benzene rings is 2. The van der Waals surface area contributed by atoms with Crippen LogP contribution in [0.4, 0.5) is 5.69 Å². The topological polar surface area (TPSA) is 17.1 Å². The van der Waals surface area contributed by atoms with Crippen molar-refractivity contribution in [3.8, 4) is 0 Å². The second kappa shape index (κ2) is 18.8. The van der Waals surface area contributed by atoms with Gasteiger partial charge in [-0.1, -0.05) is 154 Å². The maximum Gasteiger partial charge on any atom is 4.00 e. The van der Waals surface area contributed by atoms with Crippen LogP contribution in [-0.4, -0.2) is 11.3 Å². The first-order chi connectivity index (χ1) is 21.3. The van der Waals surface area contributed by atoms with Gasteiger partial charge < -0.3 is 27.6 Å². The average Bonchev–Trinajstić information content (AvgIpc) is 3.08. The molecule has 0 saturated heterocycles. The fourth-order valence-corrected chi connectivity index (χ4v) is 9.73. The van der Waals surface area contributed by atoms with Crippen molar-refractivity contribution in [2.45, 2.75) is 127 Å². The van der Waals surface area contributed by atoms with Crippen molar-refractivity contribution in [1.29, 1.82) is 0 Å². The molecule has 1 heterocycles. The molecule has 1 aliphatic heterocycles. The van der Waals surface area contributed by atoms with Gasteiger partial charge in [0, 0.05) is 5.92 Å². The van der Waals surface area contributed by atoms with Crippen LogP contribution >= 0.6 is 0 Å². The van der Waals surface area contributed by atoms with Gasteiger partial charge in [0.25, 0.3) is 0 Å². The van der Waals surface area contributed by atoms with E-state index < -0.39 is 0 Å². The second-order valence-electron chi connectivity index (χ2n) is 14.4. The molecule has 2 nitrogen and oxygen atoms in total. The quantitative estimate of drug-likeness (QED) is 0.151. The molecule has 0 N–H and O–H groups in total. The zero-order valence-electron chi connectivity index (χ0n) is 29.9. The van der Waals surface area contributed by atoms with Crippen LogP contribution in [0.25, 0.3) is 5.32 Å². The zero-order chi connectivity index (χ0) is 29.0. The van der Waals surface area contributed by atoms with E-state index in [4.69, 9.17) is 12.0 Å². The first-order valence-electron chi connectivity index (χ1n) is 18.0. The molecule has 0 amide bonds. The van der Waals surface area contributed by atoms with Crippen LogP contribution in [0.2, 0.25) is 0 Å². The molecular weight excluding hydrogens is 735 g/mol. The summed E-state index contributed by atoms with van der Waals surface area (Å²) in [4.78, 5) is 0. The standard InChI is InChI=1S/C41H53N2.3CH3.Hf/c1-43-38(37-27-13-23-30-20-11-12-24-34(30)37)28-15-29-39(43)40(33-21-9-4-10-22-33)42-41-35(31-16-5-2-6-17-31)25-14-26-36(41)32-18-7-3-8-19-32;;;;/h4,9-10,14-15,21-22,25-26,28-32,34,37,40H,1-3,5-8,11-13,16-20,23-24,27H2;3*1H3;/q4*-1;+4. The number of rotatable bonds is 7. The minimum absolute atomic E-state index is 0. The molecule has 2 aromatic carbocycles. The zero-order valence-corrected chi connectivity index (χ0v) is 33.5. The van der Waals surface area contributed by atoms with Crippen LogP contribution in [0.3, 0.4) is 0 Å². The largest absolute Gasteiger partial charge is 4.00 e. The van der Waals surface area contributed by atoms with E-state index >= 15 is 0 Å². The predicted octanol–water partition coefficient (Wildman–Crippen LogP) is 13.2. The first kappa shape index (κ1) is 39.6. The Balaban J connectivity index is 0.00000150. The van der Waals surface area contributed by atoms with Crippen molar-refractivity contribution in [2.75, 3.05) is 0 Å². The molecule has 4 saturated carbocycles. The Kier molecular flexibility index (Phi) is 15.8. The van der Waals surface area contributed by atoms with Crippen molar-refractivity contribution in [2.24, 2.45) is 17.8 Å². The van der Waals surface area contributed by atoms with Crippen molar-refractivity contribution in [3.63, 3.8) is 0 Å². The molecule has 252 valence electrons. The van der Waals surface area contributed by atoms with Crippen LogP contribution in [0, 0.1) is 46.1 Å². The molecule has 0 spiro atoms. The molecule has 7 rings (SSSR count). The summed E-state index contributed by atoms with van der Waals surface area (Å²) in [6.45, 7) is 4.80. The Labute approximate surface area is 308 Å². The number of fused-ring (bicyclic) bond motifs is 1. The molecule has 5 aliphatic rings. The smallest absolute Gasteiger partial charge is 0.677 e. The molecule has 4 unspecified atom stereocenters. The molecule has 3 heteroatoms. The van der Waals surface area contributed by atoms with Gasteiger partial charge in [0.1, 0.15) is 6.04 Å². The van der Waals surface area contributed by atoms with Gasteiger partial charge in [0.05, 0.1) is 12.4 Å². The van der Waals surface area contributed by atoms with E-state index in [1.54, 1.807) is 0 Å². The minimum atomic E-state index is -0.0588. The number of para-hydroxylation sites is 1. The summed E-state index contributed by atoms with van der Waals surface area (Å²) in [5, 5.41) is 5.92. The SMILES string of the molecule is C=[N+]1C(C([N-]c2c(C3CCCCC3)cccc2C2CCCCC2)c2ccccc2)=CC=C[C-]1C1CCCC2CCCCC21.[CH3-].[CH3-].[CH3-].[Hf+4]. The normalized spacial score (nSPS) is 25.4. The fraction of sp³-hybridized carbons (Fsp3) is 0.523. The molecule has 47 heavy (non-hydrogen) atoms. The summed E-state index contributed by atoms with van der Waals surface area (Å²) < 4.78 is 2.34. The van der Waals surface area contributed by atoms with E-state index in [9.17, 15) is 0 Å². The van der Waals surface area contributed by atoms with E-state index in [1.807, 2.05) is 0 Å². The van der Waals surface area contributed by atoms with E-state index in [2.05, 4.69) is 71.3 Å². The molecule has 0 bridgehead atoms. The van der Waals surface area contributed by atoms with Crippen LogP contribution in [0.5, 0.6) is 0 Å². The van der Waals surface area contributed by atoms with Crippen LogP contribution < -0.4 is 0 Å². The first-order valence-corrected chi connectivity index (χ1v) is 18.0. The van der Waals surface area contributed by atoms with Gasteiger partial charge >= 0.3 is 25.8 Å². The Morgan fingerprint density at radius 1 is 0.660 bits per heavy atom. The Morgan fingerprint density at radius 3 is 1.87 bits per heavy atom. The summed E-state index contributed by atoms with van der Waals surface area (Å²) in [5.74, 6) is 3.63. The van der Waals surface area contributed by atoms with Gasteiger partial charge in [-0.15, -0.1) is 11.8 Å². The molecule has 4 atom stereocenters. The van der Waals surface area contributed by atoms with Gasteiger partial charge in [-0.25, -0.2) is 0 Å². The third kappa shape index (κ3) is 8.66. The molecule has 0 aromatic heterocycles. The van der Waals surface area contributed by atoms with E-state index in [0.29, 0.717) is 17.8 Å². The number of nitrogens with zero attached hydrogens (tertiary/aromatic N) is 2. The third-order valence-corrected chi connectivity index (χ3v) is 12.0. The van der Waals surface area contributed by atoms with Crippen molar-refractivity contribution in [3.05, 3.63) is 123 Å². The monoisotopic (exact) mass is 798 g/mol. The summed E-state index contributed by atoms with van der Waals surface area (Å²) in [5.41, 5.74) is 6.89. The molecule has 4 aliphatic carbocycles. The summed E-state index contributed by atoms with van der Waals surface area (Å²) in [7, 11) is 0. The molecule has 0 radical (unpaired) electrons. The summed E-state index contributed by atoms with van der Waals surface area (Å²) in [6.07, 6.45) is 30.2. The van der Waals surface area contributed by atoms with E-state index in [-0.39, 0.29) is 54.2 Å². The molecular formula is C44H62HfN2. The Bertz CT molecular complexity index is 1260. The Morgan fingerprint density at radius 2 is 1.23 bits per heavy atom. The van der Waals surface area contributed by atoms with Crippen molar-refractivity contribution >= 4 is 12.4 Å². The van der Waals surface area contributed by atoms with Crippen molar-refractivity contribution in [1.82, 2.24) is 0 Å².